The van der Waals surface area contributed by atoms with Gasteiger partial charge in [0.05, 0.1) is 19.3 Å². The number of ether oxygens (including phenoxy) is 1. The molecule has 1 saturated heterocycles. The van der Waals surface area contributed by atoms with Crippen LogP contribution < -0.4 is 0 Å². The van der Waals surface area contributed by atoms with E-state index in [4.69, 9.17) is 4.74 Å². The molecule has 3 aliphatic carbocycles. The first-order valence-corrected chi connectivity index (χ1v) is 5.29. The zero-order valence-corrected chi connectivity index (χ0v) is 8.49. The zero-order valence-electron chi connectivity index (χ0n) is 8.49. The van der Waals surface area contributed by atoms with Crippen molar-refractivity contribution in [3.05, 3.63) is 23.8 Å². The second-order valence-electron chi connectivity index (χ2n) is 4.98. The van der Waals surface area contributed by atoms with E-state index in [-0.39, 0.29) is 11.5 Å². The van der Waals surface area contributed by atoms with Crippen LogP contribution in [0.2, 0.25) is 0 Å². The fraction of sp³-hybridized carbons (Fsp3) is 0.667. The van der Waals surface area contributed by atoms with E-state index < -0.39 is 0 Å². The number of hydrogen-bond donors (Lipinski definition) is 1. The van der Waals surface area contributed by atoms with Crippen molar-refractivity contribution in [2.45, 2.75) is 19.4 Å². The topological polar surface area (TPSA) is 29.5 Å². The largest absolute Gasteiger partial charge is 0.388 e. The second kappa shape index (κ2) is 2.50. The summed E-state index contributed by atoms with van der Waals surface area (Å²) in [4.78, 5) is 0. The predicted octanol–water partition coefficient (Wildman–Crippen LogP) is 1.52. The minimum atomic E-state index is -0.377. The predicted molar refractivity (Wildman–Crippen MR) is 53.8 cm³/mol. The highest BCUT2D eigenvalue weighted by molar-refractivity contribution is 5.38. The normalized spacial score (nSPS) is 50.6. The molecule has 2 bridgehead atoms. The summed E-state index contributed by atoms with van der Waals surface area (Å²) in [6.45, 7) is 7.67. The first-order valence-electron chi connectivity index (χ1n) is 5.29. The third-order valence-corrected chi connectivity index (χ3v) is 4.31. The lowest BCUT2D eigenvalue weighted by atomic mass is 9.55. The molecule has 4 unspecified atom stereocenters. The molecule has 2 fully saturated rings. The molecule has 14 heavy (non-hydrogen) atoms. The molecule has 0 radical (unpaired) electrons. The van der Waals surface area contributed by atoms with Gasteiger partial charge in [0.2, 0.25) is 0 Å². The van der Waals surface area contributed by atoms with Crippen LogP contribution in [0.3, 0.4) is 0 Å². The standard InChI is InChI=1S/C12H16O2/c1-7-4-12-6-14-5-9(12)3-10(7)8(2)11(12)13/h4,9-11,13H,2-3,5-6H2,1H3. The molecule has 4 rings (SSSR count). The molecule has 0 aromatic carbocycles. The number of hydrogen-bond acceptors (Lipinski definition) is 2. The van der Waals surface area contributed by atoms with Crippen molar-refractivity contribution in [3.63, 3.8) is 0 Å². The van der Waals surface area contributed by atoms with Gasteiger partial charge in [0.25, 0.3) is 0 Å². The Morgan fingerprint density at radius 2 is 2.43 bits per heavy atom. The number of allylic oxidation sites excluding steroid dienone is 1. The van der Waals surface area contributed by atoms with Crippen LogP contribution in [-0.4, -0.2) is 24.4 Å². The first kappa shape index (κ1) is 8.69. The Kier molecular flexibility index (Phi) is 1.55. The summed E-state index contributed by atoms with van der Waals surface area (Å²) in [6.07, 6.45) is 2.99. The molecular weight excluding hydrogens is 176 g/mol. The van der Waals surface area contributed by atoms with Crippen molar-refractivity contribution >= 4 is 0 Å². The summed E-state index contributed by atoms with van der Waals surface area (Å²) >= 11 is 0. The van der Waals surface area contributed by atoms with Crippen LogP contribution >= 0.6 is 0 Å². The van der Waals surface area contributed by atoms with E-state index in [0.717, 1.165) is 18.6 Å². The molecule has 2 nitrogen and oxygen atoms in total. The summed E-state index contributed by atoms with van der Waals surface area (Å²) in [7, 11) is 0. The molecule has 0 aromatic heterocycles. The highest BCUT2D eigenvalue weighted by atomic mass is 16.5. The number of fused-ring (bicyclic) bond motifs is 1. The van der Waals surface area contributed by atoms with Gasteiger partial charge in [-0.3, -0.25) is 0 Å². The van der Waals surface area contributed by atoms with Crippen LogP contribution in [0, 0.1) is 17.3 Å². The van der Waals surface area contributed by atoms with Gasteiger partial charge in [0, 0.05) is 11.3 Å². The summed E-state index contributed by atoms with van der Waals surface area (Å²) in [6, 6.07) is 0. The number of aliphatic hydroxyl groups excluding tert-OH is 1. The molecule has 1 heterocycles. The summed E-state index contributed by atoms with van der Waals surface area (Å²) in [5.74, 6) is 0.912. The van der Waals surface area contributed by atoms with Gasteiger partial charge in [-0.2, -0.15) is 0 Å². The van der Waals surface area contributed by atoms with E-state index in [1.165, 1.54) is 5.57 Å². The van der Waals surface area contributed by atoms with Crippen LogP contribution in [-0.2, 0) is 4.74 Å². The lowest BCUT2D eigenvalue weighted by Gasteiger charge is -2.50. The third-order valence-electron chi connectivity index (χ3n) is 4.31. The van der Waals surface area contributed by atoms with Crippen molar-refractivity contribution in [2.24, 2.45) is 17.3 Å². The van der Waals surface area contributed by atoms with Crippen LogP contribution in [0.5, 0.6) is 0 Å². The van der Waals surface area contributed by atoms with Crippen molar-refractivity contribution in [1.29, 1.82) is 0 Å². The highest BCUT2D eigenvalue weighted by Crippen LogP contribution is 2.56. The van der Waals surface area contributed by atoms with Gasteiger partial charge in [-0.1, -0.05) is 18.2 Å². The van der Waals surface area contributed by atoms with E-state index >= 15 is 0 Å². The first-order chi connectivity index (χ1) is 6.65. The molecule has 1 saturated carbocycles. The van der Waals surface area contributed by atoms with Gasteiger partial charge < -0.3 is 9.84 Å². The van der Waals surface area contributed by atoms with Crippen molar-refractivity contribution in [1.82, 2.24) is 0 Å². The summed E-state index contributed by atoms with van der Waals surface area (Å²) in [5.41, 5.74) is 2.25. The van der Waals surface area contributed by atoms with Gasteiger partial charge in [0.1, 0.15) is 0 Å². The maximum absolute atomic E-state index is 10.2. The number of rotatable bonds is 0. The quantitative estimate of drug-likeness (QED) is 0.590. The molecule has 4 aliphatic rings. The van der Waals surface area contributed by atoms with Crippen LogP contribution in [0.15, 0.2) is 23.8 Å². The lowest BCUT2D eigenvalue weighted by Crippen LogP contribution is -2.51. The minimum absolute atomic E-state index is 0.129. The van der Waals surface area contributed by atoms with Crippen LogP contribution in [0.25, 0.3) is 0 Å². The Balaban J connectivity index is 2.15. The van der Waals surface area contributed by atoms with E-state index in [9.17, 15) is 5.11 Å². The third kappa shape index (κ3) is 0.794. The molecule has 1 aliphatic heterocycles. The lowest BCUT2D eigenvalue weighted by molar-refractivity contribution is 0.0152. The minimum Gasteiger partial charge on any atom is -0.388 e. The fourth-order valence-electron chi connectivity index (χ4n) is 3.45. The Morgan fingerprint density at radius 1 is 1.64 bits per heavy atom. The van der Waals surface area contributed by atoms with E-state index in [2.05, 4.69) is 19.6 Å². The average molecular weight is 192 g/mol. The SMILES string of the molecule is C=C1C2CC3COCC3(C=C2C)C1O. The Bertz CT molecular complexity index is 331. The highest BCUT2D eigenvalue weighted by Gasteiger charge is 2.56. The van der Waals surface area contributed by atoms with Crippen LogP contribution in [0.4, 0.5) is 0 Å². The molecule has 1 N–H and O–H groups in total. The monoisotopic (exact) mass is 192 g/mol. The van der Waals surface area contributed by atoms with Gasteiger partial charge in [-0.15, -0.1) is 0 Å². The average Bonchev–Trinajstić information content (AvgIpc) is 2.56. The maximum Gasteiger partial charge on any atom is 0.0869 e. The Hall–Kier alpha value is -0.600. The van der Waals surface area contributed by atoms with Gasteiger partial charge in [0.15, 0.2) is 0 Å². The number of aliphatic hydroxyl groups is 1. The smallest absolute Gasteiger partial charge is 0.0869 e. The molecule has 0 amide bonds. The van der Waals surface area contributed by atoms with Gasteiger partial charge >= 0.3 is 0 Å². The maximum atomic E-state index is 10.2. The molecular formula is C12H16O2. The van der Waals surface area contributed by atoms with E-state index in [1.807, 2.05) is 0 Å². The Labute approximate surface area is 84.3 Å². The molecule has 2 heteroatoms. The molecule has 76 valence electrons. The fourth-order valence-corrected chi connectivity index (χ4v) is 3.45. The van der Waals surface area contributed by atoms with Crippen molar-refractivity contribution in [2.75, 3.05) is 13.2 Å². The zero-order chi connectivity index (χ0) is 9.92. The van der Waals surface area contributed by atoms with Gasteiger partial charge in [-0.05, 0) is 24.8 Å². The van der Waals surface area contributed by atoms with E-state index in [0.29, 0.717) is 18.4 Å². The van der Waals surface area contributed by atoms with Crippen molar-refractivity contribution in [3.8, 4) is 0 Å². The summed E-state index contributed by atoms with van der Waals surface area (Å²) < 4.78 is 5.53. The molecule has 4 atom stereocenters. The molecule has 0 aromatic rings. The van der Waals surface area contributed by atoms with Gasteiger partial charge in [-0.25, -0.2) is 0 Å². The van der Waals surface area contributed by atoms with Crippen molar-refractivity contribution < 1.29 is 9.84 Å². The van der Waals surface area contributed by atoms with Crippen LogP contribution in [0.1, 0.15) is 13.3 Å². The second-order valence-corrected chi connectivity index (χ2v) is 4.98. The van der Waals surface area contributed by atoms with E-state index in [1.54, 1.807) is 0 Å². The molecule has 1 spiro atoms. The Morgan fingerprint density at radius 3 is 3.21 bits per heavy atom. The summed E-state index contributed by atoms with van der Waals surface area (Å²) in [5, 5.41) is 10.2.